The van der Waals surface area contributed by atoms with Gasteiger partial charge in [0.05, 0.1) is 24.4 Å². The first-order valence-corrected chi connectivity index (χ1v) is 12.5. The van der Waals surface area contributed by atoms with Crippen molar-refractivity contribution in [3.8, 4) is 0 Å². The minimum absolute atomic E-state index is 0. The monoisotopic (exact) mass is 569 g/mol. The van der Waals surface area contributed by atoms with Crippen molar-refractivity contribution in [1.29, 1.82) is 0 Å². The predicted molar refractivity (Wildman–Crippen MR) is 159 cm³/mol. The Hall–Kier alpha value is -3.59. The number of rotatable bonds is 7. The van der Waals surface area contributed by atoms with E-state index in [0.29, 0.717) is 17.2 Å². The van der Waals surface area contributed by atoms with Gasteiger partial charge in [-0.2, -0.15) is 5.10 Å². The number of aryl methyl sites for hydroxylation is 1. The molecule has 0 bridgehead atoms. The average molecular weight is 571 g/mol. The lowest BCUT2D eigenvalue weighted by Gasteiger charge is -2.34. The van der Waals surface area contributed by atoms with Crippen LogP contribution in [0.25, 0.3) is 10.9 Å². The predicted octanol–water partition coefficient (Wildman–Crippen LogP) is 5.83. The van der Waals surface area contributed by atoms with Crippen LogP contribution in [0.5, 0.6) is 0 Å². The fourth-order valence-corrected chi connectivity index (χ4v) is 4.85. The molecule has 2 heterocycles. The number of ether oxygens (including phenoxy) is 1. The summed E-state index contributed by atoms with van der Waals surface area (Å²) in [5.74, 6) is -0.730. The molecule has 3 N–H and O–H groups in total. The van der Waals surface area contributed by atoms with Crippen molar-refractivity contribution in [2.75, 3.05) is 30.8 Å². The molecule has 1 aliphatic rings. The molecular weight excluding hydrogens is 537 g/mol. The quantitative estimate of drug-likeness (QED) is 0.242. The lowest BCUT2D eigenvalue weighted by molar-refractivity contribution is 0.0600. The second-order valence-electron chi connectivity index (χ2n) is 9.57. The highest BCUT2D eigenvalue weighted by Gasteiger charge is 2.20. The van der Waals surface area contributed by atoms with E-state index < -0.39 is 5.97 Å². The second kappa shape index (κ2) is 13.5. The highest BCUT2D eigenvalue weighted by molar-refractivity contribution is 6.06. The first-order chi connectivity index (χ1) is 18.0. The highest BCUT2D eigenvalue weighted by Crippen LogP contribution is 2.23. The smallest absolute Gasteiger partial charge is 0.337 e. The molecule has 0 spiro atoms. The number of carbonyl (C=O) groups excluding carboxylic acids is 2. The molecule has 1 aromatic heterocycles. The number of hydrogen-bond acceptors (Lipinski definition) is 6. The zero-order valence-electron chi connectivity index (χ0n) is 21.9. The third-order valence-corrected chi connectivity index (χ3v) is 6.82. The van der Waals surface area contributed by atoms with Crippen LogP contribution < -0.4 is 10.6 Å². The van der Waals surface area contributed by atoms with Crippen LogP contribution in [0.1, 0.15) is 44.7 Å². The zero-order valence-corrected chi connectivity index (χ0v) is 23.5. The van der Waals surface area contributed by atoms with Crippen LogP contribution in [-0.4, -0.2) is 53.2 Å². The summed E-state index contributed by atoms with van der Waals surface area (Å²) in [6.45, 7) is 4.76. The Morgan fingerprint density at radius 3 is 2.72 bits per heavy atom. The number of nitrogens with one attached hydrogen (secondary N) is 3. The van der Waals surface area contributed by atoms with Crippen molar-refractivity contribution >= 4 is 59.0 Å². The summed E-state index contributed by atoms with van der Waals surface area (Å²) in [6.07, 6.45) is 4.09. The molecule has 10 heteroatoms. The number of hydrogen-bond donors (Lipinski definition) is 3. The molecule has 206 valence electrons. The number of benzene rings is 3. The minimum atomic E-state index is -0.468. The molecule has 1 atom stereocenters. The first-order valence-electron chi connectivity index (χ1n) is 12.5. The van der Waals surface area contributed by atoms with Crippen LogP contribution in [-0.2, 0) is 11.3 Å². The Balaban J connectivity index is 0.00000210. The topological polar surface area (TPSA) is 99.4 Å². The lowest BCUT2D eigenvalue weighted by Crippen LogP contribution is -2.41. The van der Waals surface area contributed by atoms with Crippen LogP contribution in [0, 0.1) is 6.92 Å². The van der Waals surface area contributed by atoms with Gasteiger partial charge < -0.3 is 15.4 Å². The highest BCUT2D eigenvalue weighted by atomic mass is 35.5. The summed E-state index contributed by atoms with van der Waals surface area (Å²) in [5.41, 5.74) is 5.79. The van der Waals surface area contributed by atoms with Crippen molar-refractivity contribution < 1.29 is 14.3 Å². The number of likely N-dealkylation sites (tertiary alicyclic amines) is 1. The number of fused-ring (bicyclic) bond motifs is 1. The first kappa shape index (κ1) is 30.0. The van der Waals surface area contributed by atoms with E-state index in [1.807, 2.05) is 25.3 Å². The largest absolute Gasteiger partial charge is 0.465 e. The normalized spacial score (nSPS) is 15.1. The van der Waals surface area contributed by atoms with E-state index in [1.165, 1.54) is 7.11 Å². The molecular formula is C29H33Cl2N5O3. The van der Waals surface area contributed by atoms with Gasteiger partial charge in [0.15, 0.2) is 0 Å². The van der Waals surface area contributed by atoms with Crippen LogP contribution in [0.15, 0.2) is 66.9 Å². The van der Waals surface area contributed by atoms with Crippen LogP contribution in [0.3, 0.4) is 0 Å². The van der Waals surface area contributed by atoms with Crippen LogP contribution >= 0.6 is 24.8 Å². The summed E-state index contributed by atoms with van der Waals surface area (Å²) in [6, 6.07) is 19.4. The number of carbonyl (C=O) groups is 2. The molecule has 39 heavy (non-hydrogen) atoms. The van der Waals surface area contributed by atoms with Gasteiger partial charge in [-0.25, -0.2) is 4.79 Å². The van der Waals surface area contributed by atoms with Gasteiger partial charge in [0, 0.05) is 41.5 Å². The molecule has 5 rings (SSSR count). The lowest BCUT2D eigenvalue weighted by atomic mass is 10.0. The Kier molecular flexibility index (Phi) is 10.3. The standard InChI is InChI=1S/C29H31N5O3.2ClH/c1-19-8-9-20(13-27(19)32-28(35)21-5-3-6-22(14-21)29(36)37-2)17-34-12-4-7-25(18-34)31-24-10-11-26-23(15-24)16-30-33-26;;/h3,5-6,8-11,13-16,25,31H,4,7,12,17-18H2,1-2H3,(H,30,33)(H,32,35);2*1H. The fourth-order valence-electron chi connectivity index (χ4n) is 4.85. The van der Waals surface area contributed by atoms with E-state index in [2.05, 4.69) is 50.0 Å². The van der Waals surface area contributed by atoms with Gasteiger partial charge >= 0.3 is 5.97 Å². The molecule has 0 radical (unpaired) electrons. The summed E-state index contributed by atoms with van der Waals surface area (Å²) in [4.78, 5) is 27.2. The van der Waals surface area contributed by atoms with Crippen LogP contribution in [0.2, 0.25) is 0 Å². The third kappa shape index (κ3) is 7.29. The van der Waals surface area contributed by atoms with Crippen molar-refractivity contribution in [2.24, 2.45) is 0 Å². The average Bonchev–Trinajstić information content (AvgIpc) is 3.38. The molecule has 1 aliphatic heterocycles. The minimum Gasteiger partial charge on any atom is -0.465 e. The summed E-state index contributed by atoms with van der Waals surface area (Å²) >= 11 is 0. The van der Waals surface area contributed by atoms with Crippen molar-refractivity contribution in [3.63, 3.8) is 0 Å². The molecule has 3 aromatic carbocycles. The van der Waals surface area contributed by atoms with Crippen molar-refractivity contribution in [2.45, 2.75) is 32.4 Å². The summed E-state index contributed by atoms with van der Waals surface area (Å²) in [5, 5.41) is 14.9. The molecule has 1 amide bonds. The molecule has 8 nitrogen and oxygen atoms in total. The van der Waals surface area contributed by atoms with Gasteiger partial charge in [0.2, 0.25) is 0 Å². The van der Waals surface area contributed by atoms with E-state index >= 15 is 0 Å². The number of nitrogens with zero attached hydrogens (tertiary/aromatic N) is 2. The van der Waals surface area contributed by atoms with Gasteiger partial charge in [-0.15, -0.1) is 24.8 Å². The SMILES string of the molecule is COC(=O)c1cccc(C(=O)Nc2cc(CN3CCCC(Nc4ccc5[nH]ncc5c4)C3)ccc2C)c1.Cl.Cl. The molecule has 4 aromatic rings. The number of anilines is 2. The van der Waals surface area contributed by atoms with E-state index in [4.69, 9.17) is 4.74 Å². The van der Waals surface area contributed by atoms with Gasteiger partial charge in [0.1, 0.15) is 0 Å². The van der Waals surface area contributed by atoms with Gasteiger partial charge in [-0.3, -0.25) is 14.8 Å². The molecule has 1 fully saturated rings. The number of halogens is 2. The molecule has 1 saturated heterocycles. The third-order valence-electron chi connectivity index (χ3n) is 6.82. The number of H-pyrrole nitrogens is 1. The van der Waals surface area contributed by atoms with E-state index in [1.54, 1.807) is 24.3 Å². The number of methoxy groups -OCH3 is 1. The van der Waals surface area contributed by atoms with E-state index in [-0.39, 0.29) is 30.7 Å². The van der Waals surface area contributed by atoms with Gasteiger partial charge in [-0.05, 0) is 79.9 Å². The maximum atomic E-state index is 12.9. The number of aromatic nitrogens is 2. The molecule has 1 unspecified atom stereocenters. The molecule has 0 aliphatic carbocycles. The number of piperidine rings is 1. The van der Waals surface area contributed by atoms with Crippen LogP contribution in [0.4, 0.5) is 11.4 Å². The van der Waals surface area contributed by atoms with Crippen molar-refractivity contribution in [3.05, 3.63) is 89.1 Å². The maximum absolute atomic E-state index is 12.9. The summed E-state index contributed by atoms with van der Waals surface area (Å²) < 4.78 is 4.77. The van der Waals surface area contributed by atoms with Crippen molar-refractivity contribution in [1.82, 2.24) is 15.1 Å². The Morgan fingerprint density at radius 2 is 1.90 bits per heavy atom. The number of amides is 1. The van der Waals surface area contributed by atoms with Gasteiger partial charge in [0.25, 0.3) is 5.91 Å². The number of aromatic amines is 1. The number of esters is 1. The zero-order chi connectivity index (χ0) is 25.8. The Labute approximate surface area is 240 Å². The summed E-state index contributed by atoms with van der Waals surface area (Å²) in [7, 11) is 1.32. The maximum Gasteiger partial charge on any atom is 0.337 e. The van der Waals surface area contributed by atoms with E-state index in [0.717, 1.165) is 65.9 Å². The fraction of sp³-hybridized carbons (Fsp3) is 0.276. The Bertz CT molecular complexity index is 1440. The van der Waals surface area contributed by atoms with Gasteiger partial charge in [-0.1, -0.05) is 18.2 Å². The molecule has 0 saturated carbocycles. The van der Waals surface area contributed by atoms with E-state index in [9.17, 15) is 9.59 Å². The Morgan fingerprint density at radius 1 is 1.08 bits per heavy atom. The second-order valence-corrected chi connectivity index (χ2v) is 9.57.